The fourth-order valence-electron chi connectivity index (χ4n) is 2.56. The highest BCUT2D eigenvalue weighted by molar-refractivity contribution is 6.34. The highest BCUT2D eigenvalue weighted by Gasteiger charge is 2.12. The highest BCUT2D eigenvalue weighted by atomic mass is 35.5. The minimum atomic E-state index is 0.0849. The third-order valence-electron chi connectivity index (χ3n) is 3.52. The van der Waals surface area contributed by atoms with Crippen LogP contribution >= 0.6 is 11.6 Å². The molecule has 0 saturated carbocycles. The fourth-order valence-corrected chi connectivity index (χ4v) is 2.77. The summed E-state index contributed by atoms with van der Waals surface area (Å²) in [5.74, 6) is 0.752. The molecule has 2 aromatic carbocycles. The molecule has 3 nitrogen and oxygen atoms in total. The van der Waals surface area contributed by atoms with Crippen LogP contribution in [0.5, 0.6) is 5.75 Å². The topological polar surface area (TPSA) is 45.9 Å². The standard InChI is InChI=1S/C19H15ClN2O/c1-12(2)23-14-7-8-16-17(9-14)19(20)22-11-18(16)15-6-4-3-5-13(15)10-21/h3-9,11-12H,1-2H3. The molecule has 0 aliphatic carbocycles. The zero-order valence-corrected chi connectivity index (χ0v) is 13.6. The van der Waals surface area contributed by atoms with E-state index in [9.17, 15) is 5.26 Å². The van der Waals surface area contributed by atoms with Crippen molar-refractivity contribution in [2.24, 2.45) is 0 Å². The molecule has 3 rings (SSSR count). The molecule has 0 saturated heterocycles. The monoisotopic (exact) mass is 322 g/mol. The van der Waals surface area contributed by atoms with Gasteiger partial charge in [-0.1, -0.05) is 29.8 Å². The van der Waals surface area contributed by atoms with E-state index in [0.717, 1.165) is 27.6 Å². The third kappa shape index (κ3) is 2.99. The van der Waals surface area contributed by atoms with E-state index in [-0.39, 0.29) is 6.10 Å². The van der Waals surface area contributed by atoms with Crippen molar-refractivity contribution in [3.8, 4) is 22.9 Å². The van der Waals surface area contributed by atoms with Crippen molar-refractivity contribution < 1.29 is 4.74 Å². The van der Waals surface area contributed by atoms with Gasteiger partial charge in [0.15, 0.2) is 0 Å². The van der Waals surface area contributed by atoms with E-state index in [1.54, 1.807) is 12.3 Å². The summed E-state index contributed by atoms with van der Waals surface area (Å²) in [6.45, 7) is 3.95. The van der Waals surface area contributed by atoms with Crippen molar-refractivity contribution in [3.05, 3.63) is 59.4 Å². The highest BCUT2D eigenvalue weighted by Crippen LogP contribution is 2.35. The van der Waals surface area contributed by atoms with Gasteiger partial charge in [0.05, 0.1) is 17.7 Å². The molecular formula is C19H15ClN2O. The Labute approximate surface area is 140 Å². The first-order valence-corrected chi connectivity index (χ1v) is 7.72. The number of nitrogens with zero attached hydrogens (tertiary/aromatic N) is 2. The zero-order valence-electron chi connectivity index (χ0n) is 12.9. The Morgan fingerprint density at radius 1 is 1.09 bits per heavy atom. The minimum absolute atomic E-state index is 0.0849. The Kier molecular flexibility index (Phi) is 4.18. The van der Waals surface area contributed by atoms with E-state index < -0.39 is 0 Å². The number of halogens is 1. The number of pyridine rings is 1. The number of aromatic nitrogens is 1. The van der Waals surface area contributed by atoms with Gasteiger partial charge in [-0.2, -0.15) is 5.26 Å². The summed E-state index contributed by atoms with van der Waals surface area (Å²) in [5, 5.41) is 11.5. The number of benzene rings is 2. The number of fused-ring (bicyclic) bond motifs is 1. The number of ether oxygens (including phenoxy) is 1. The van der Waals surface area contributed by atoms with E-state index >= 15 is 0 Å². The molecule has 0 aliphatic rings. The van der Waals surface area contributed by atoms with Crippen LogP contribution in [0.25, 0.3) is 21.9 Å². The smallest absolute Gasteiger partial charge is 0.137 e. The van der Waals surface area contributed by atoms with Gasteiger partial charge in [-0.25, -0.2) is 4.98 Å². The maximum Gasteiger partial charge on any atom is 0.137 e. The van der Waals surface area contributed by atoms with Gasteiger partial charge < -0.3 is 4.74 Å². The van der Waals surface area contributed by atoms with Crippen molar-refractivity contribution in [2.45, 2.75) is 20.0 Å². The SMILES string of the molecule is CC(C)Oc1ccc2c(-c3ccccc3C#N)cnc(Cl)c2c1. The van der Waals surface area contributed by atoms with Gasteiger partial charge >= 0.3 is 0 Å². The molecule has 0 N–H and O–H groups in total. The van der Waals surface area contributed by atoms with Crippen LogP contribution in [0.1, 0.15) is 19.4 Å². The van der Waals surface area contributed by atoms with E-state index in [4.69, 9.17) is 16.3 Å². The molecule has 114 valence electrons. The normalized spacial score (nSPS) is 10.7. The fraction of sp³-hybridized carbons (Fsp3) is 0.158. The zero-order chi connectivity index (χ0) is 16.4. The Hall–Kier alpha value is -2.57. The summed E-state index contributed by atoms with van der Waals surface area (Å²) in [5.41, 5.74) is 2.35. The molecule has 23 heavy (non-hydrogen) atoms. The van der Waals surface area contributed by atoms with Crippen LogP contribution < -0.4 is 4.74 Å². The Bertz CT molecular complexity index is 913. The second-order valence-corrected chi connectivity index (χ2v) is 5.85. The maximum absolute atomic E-state index is 9.33. The Balaban J connectivity index is 2.24. The molecular weight excluding hydrogens is 308 g/mol. The molecule has 0 unspecified atom stereocenters. The molecule has 0 amide bonds. The lowest BCUT2D eigenvalue weighted by molar-refractivity contribution is 0.243. The molecule has 0 aliphatic heterocycles. The van der Waals surface area contributed by atoms with Gasteiger partial charge in [-0.3, -0.25) is 0 Å². The number of hydrogen-bond acceptors (Lipinski definition) is 3. The van der Waals surface area contributed by atoms with Crippen LogP contribution in [0, 0.1) is 11.3 Å². The average Bonchev–Trinajstić information content (AvgIpc) is 2.55. The van der Waals surface area contributed by atoms with Crippen LogP contribution in [0.3, 0.4) is 0 Å². The summed E-state index contributed by atoms with van der Waals surface area (Å²) in [6.07, 6.45) is 1.80. The third-order valence-corrected chi connectivity index (χ3v) is 3.82. The van der Waals surface area contributed by atoms with Crippen LogP contribution in [-0.2, 0) is 0 Å². The van der Waals surface area contributed by atoms with Gasteiger partial charge in [-0.15, -0.1) is 0 Å². The molecule has 0 fully saturated rings. The van der Waals surface area contributed by atoms with Crippen LogP contribution in [0.15, 0.2) is 48.7 Å². The molecule has 0 radical (unpaired) electrons. The van der Waals surface area contributed by atoms with Crippen molar-refractivity contribution in [1.82, 2.24) is 4.98 Å². The quantitative estimate of drug-likeness (QED) is 0.621. The first kappa shape index (κ1) is 15.3. The first-order valence-electron chi connectivity index (χ1n) is 7.34. The summed E-state index contributed by atoms with van der Waals surface area (Å²) in [6, 6.07) is 15.5. The van der Waals surface area contributed by atoms with Crippen molar-refractivity contribution in [3.63, 3.8) is 0 Å². The maximum atomic E-state index is 9.33. The predicted molar refractivity (Wildman–Crippen MR) is 92.7 cm³/mol. The molecule has 0 bridgehead atoms. The van der Waals surface area contributed by atoms with Gasteiger partial charge in [0.2, 0.25) is 0 Å². The molecule has 1 heterocycles. The Morgan fingerprint density at radius 2 is 1.87 bits per heavy atom. The van der Waals surface area contributed by atoms with E-state index in [2.05, 4.69) is 11.1 Å². The molecule has 4 heteroatoms. The van der Waals surface area contributed by atoms with Gasteiger partial charge in [0, 0.05) is 22.7 Å². The lowest BCUT2D eigenvalue weighted by Gasteiger charge is -2.13. The van der Waals surface area contributed by atoms with E-state index in [0.29, 0.717) is 10.7 Å². The Morgan fingerprint density at radius 3 is 2.61 bits per heavy atom. The van der Waals surface area contributed by atoms with E-state index in [1.807, 2.05) is 50.2 Å². The predicted octanol–water partition coefficient (Wildman–Crippen LogP) is 5.21. The molecule has 1 aromatic heterocycles. The number of hydrogen-bond donors (Lipinski definition) is 0. The van der Waals surface area contributed by atoms with Crippen LogP contribution in [0.2, 0.25) is 5.15 Å². The lowest BCUT2D eigenvalue weighted by Crippen LogP contribution is -2.05. The number of nitriles is 1. The van der Waals surface area contributed by atoms with Crippen molar-refractivity contribution in [1.29, 1.82) is 5.26 Å². The second kappa shape index (κ2) is 6.28. The van der Waals surface area contributed by atoms with Crippen LogP contribution in [-0.4, -0.2) is 11.1 Å². The lowest BCUT2D eigenvalue weighted by atomic mass is 9.97. The van der Waals surface area contributed by atoms with Gasteiger partial charge in [0.25, 0.3) is 0 Å². The number of rotatable bonds is 3. The molecule has 0 spiro atoms. The first-order chi connectivity index (χ1) is 11.1. The average molecular weight is 323 g/mol. The van der Waals surface area contributed by atoms with Gasteiger partial charge in [-0.05, 0) is 43.5 Å². The van der Waals surface area contributed by atoms with Crippen molar-refractivity contribution in [2.75, 3.05) is 0 Å². The van der Waals surface area contributed by atoms with Crippen LogP contribution in [0.4, 0.5) is 0 Å². The summed E-state index contributed by atoms with van der Waals surface area (Å²) in [7, 11) is 0. The minimum Gasteiger partial charge on any atom is -0.491 e. The largest absolute Gasteiger partial charge is 0.491 e. The molecule has 3 aromatic rings. The van der Waals surface area contributed by atoms with Gasteiger partial charge in [0.1, 0.15) is 10.9 Å². The van der Waals surface area contributed by atoms with Crippen molar-refractivity contribution >= 4 is 22.4 Å². The summed E-state index contributed by atoms with van der Waals surface area (Å²) >= 11 is 6.27. The summed E-state index contributed by atoms with van der Waals surface area (Å²) in [4.78, 5) is 4.28. The second-order valence-electron chi connectivity index (χ2n) is 5.49. The molecule has 0 atom stereocenters. The van der Waals surface area contributed by atoms with E-state index in [1.165, 1.54) is 0 Å². The summed E-state index contributed by atoms with van der Waals surface area (Å²) < 4.78 is 5.73.